The molecule has 1 aliphatic heterocycles. The van der Waals surface area contributed by atoms with Crippen LogP contribution in [0.1, 0.15) is 20.7 Å². The molecule has 0 aliphatic carbocycles. The molecular weight excluding hydrogens is 248 g/mol. The van der Waals surface area contributed by atoms with Crippen LogP contribution in [-0.2, 0) is 9.53 Å². The molecule has 0 unspecified atom stereocenters. The summed E-state index contributed by atoms with van der Waals surface area (Å²) in [5.74, 6) is -0.879. The van der Waals surface area contributed by atoms with E-state index in [0.717, 1.165) is 4.90 Å². The molecule has 1 N–H and O–H groups in total. The van der Waals surface area contributed by atoms with E-state index in [0.29, 0.717) is 11.1 Å². The number of carbonyl (C=O) groups excluding carboxylic acids is 3. The molecule has 0 atom stereocenters. The Morgan fingerprint density at radius 3 is 2.32 bits per heavy atom. The Morgan fingerprint density at radius 2 is 1.79 bits per heavy atom. The van der Waals surface area contributed by atoms with Crippen LogP contribution in [0.4, 0.5) is 0 Å². The van der Waals surface area contributed by atoms with Crippen molar-refractivity contribution in [2.24, 2.45) is 0 Å². The summed E-state index contributed by atoms with van der Waals surface area (Å²) in [6.45, 7) is 0.196. The first kappa shape index (κ1) is 13.2. The van der Waals surface area contributed by atoms with Gasteiger partial charge in [-0.05, 0) is 12.1 Å². The van der Waals surface area contributed by atoms with Gasteiger partial charge in [-0.2, -0.15) is 0 Å². The number of ether oxygens (including phenoxy) is 1. The number of nitrogens with zero attached hydrogens (tertiary/aromatic N) is 1. The summed E-state index contributed by atoms with van der Waals surface area (Å²) in [5, 5.41) is 2.41. The zero-order chi connectivity index (χ0) is 13.8. The second-order valence-electron chi connectivity index (χ2n) is 4.03. The lowest BCUT2D eigenvalue weighted by Crippen LogP contribution is -2.34. The molecule has 0 radical (unpaired) electrons. The Balaban J connectivity index is 1.92. The number of fused-ring (bicyclic) bond motifs is 1. The predicted octanol–water partition coefficient (Wildman–Crippen LogP) is 0.0452. The number of rotatable bonds is 5. The molecule has 19 heavy (non-hydrogen) atoms. The molecule has 100 valence electrons. The summed E-state index contributed by atoms with van der Waals surface area (Å²) in [6, 6.07) is 6.69. The lowest BCUT2D eigenvalue weighted by molar-refractivity contribution is -0.125. The van der Waals surface area contributed by atoms with Crippen LogP contribution < -0.4 is 5.32 Å². The van der Waals surface area contributed by atoms with Gasteiger partial charge in [0, 0.05) is 7.05 Å². The minimum atomic E-state index is -0.316. The highest BCUT2D eigenvalue weighted by molar-refractivity contribution is 6.21. The van der Waals surface area contributed by atoms with Gasteiger partial charge in [-0.15, -0.1) is 0 Å². The topological polar surface area (TPSA) is 75.7 Å². The number of nitrogens with one attached hydrogen (secondary N) is 1. The first-order valence-corrected chi connectivity index (χ1v) is 5.88. The van der Waals surface area contributed by atoms with Crippen molar-refractivity contribution in [3.8, 4) is 0 Å². The third kappa shape index (κ3) is 2.63. The summed E-state index contributed by atoms with van der Waals surface area (Å²) in [7, 11) is 1.51. The number of carbonyl (C=O) groups is 3. The van der Waals surface area contributed by atoms with Crippen LogP contribution in [0, 0.1) is 0 Å². The van der Waals surface area contributed by atoms with Gasteiger partial charge in [0.25, 0.3) is 11.8 Å². The number of hydrogen-bond acceptors (Lipinski definition) is 4. The van der Waals surface area contributed by atoms with Crippen LogP contribution in [0.25, 0.3) is 0 Å². The van der Waals surface area contributed by atoms with Crippen molar-refractivity contribution in [1.29, 1.82) is 0 Å². The van der Waals surface area contributed by atoms with Crippen molar-refractivity contribution in [1.82, 2.24) is 10.2 Å². The van der Waals surface area contributed by atoms with Crippen LogP contribution in [0.3, 0.4) is 0 Å². The van der Waals surface area contributed by atoms with Crippen molar-refractivity contribution in [2.75, 3.05) is 26.8 Å². The molecule has 1 heterocycles. The molecule has 2 rings (SSSR count). The van der Waals surface area contributed by atoms with Gasteiger partial charge >= 0.3 is 0 Å². The van der Waals surface area contributed by atoms with Gasteiger partial charge in [-0.1, -0.05) is 12.1 Å². The Morgan fingerprint density at radius 1 is 1.21 bits per heavy atom. The van der Waals surface area contributed by atoms with Gasteiger partial charge in [0.05, 0.1) is 24.3 Å². The van der Waals surface area contributed by atoms with Crippen LogP contribution in [-0.4, -0.2) is 49.4 Å². The molecule has 0 aromatic heterocycles. The van der Waals surface area contributed by atoms with Crippen LogP contribution in [0.2, 0.25) is 0 Å². The number of likely N-dealkylation sites (N-methyl/N-ethyl adjacent to an activating group) is 1. The van der Waals surface area contributed by atoms with E-state index in [4.69, 9.17) is 4.74 Å². The molecule has 6 heteroatoms. The third-order valence-corrected chi connectivity index (χ3v) is 2.85. The highest BCUT2D eigenvalue weighted by Crippen LogP contribution is 2.21. The molecule has 0 saturated carbocycles. The summed E-state index contributed by atoms with van der Waals surface area (Å²) in [6.07, 6.45) is 0. The fourth-order valence-electron chi connectivity index (χ4n) is 1.84. The largest absolute Gasteiger partial charge is 0.370 e. The fraction of sp³-hybridized carbons (Fsp3) is 0.308. The predicted molar refractivity (Wildman–Crippen MR) is 66.7 cm³/mol. The second kappa shape index (κ2) is 5.62. The van der Waals surface area contributed by atoms with E-state index < -0.39 is 0 Å². The van der Waals surface area contributed by atoms with E-state index in [1.165, 1.54) is 7.05 Å². The summed E-state index contributed by atoms with van der Waals surface area (Å²) in [5.41, 5.74) is 0.831. The number of amides is 3. The molecule has 1 aliphatic rings. The molecule has 0 spiro atoms. The first-order valence-electron chi connectivity index (χ1n) is 5.88. The minimum absolute atomic E-state index is 0.0837. The molecule has 1 aromatic rings. The maximum atomic E-state index is 12.0. The lowest BCUT2D eigenvalue weighted by atomic mass is 10.1. The zero-order valence-electron chi connectivity index (χ0n) is 10.5. The highest BCUT2D eigenvalue weighted by atomic mass is 16.5. The van der Waals surface area contributed by atoms with Crippen molar-refractivity contribution in [3.05, 3.63) is 35.4 Å². The standard InChI is InChI=1S/C13H14N2O4/c1-14-11(16)8-19-7-6-15-12(17)9-4-2-3-5-10(9)13(15)18/h2-5H,6-8H2,1H3,(H,14,16). The van der Waals surface area contributed by atoms with Crippen LogP contribution in [0.15, 0.2) is 24.3 Å². The Bertz CT molecular complexity index is 492. The lowest BCUT2D eigenvalue weighted by Gasteiger charge is -2.13. The van der Waals surface area contributed by atoms with E-state index in [1.807, 2.05) is 0 Å². The smallest absolute Gasteiger partial charge is 0.261 e. The number of hydrogen-bond donors (Lipinski definition) is 1. The van der Waals surface area contributed by atoms with Crippen LogP contribution in [0.5, 0.6) is 0 Å². The average molecular weight is 262 g/mol. The van der Waals surface area contributed by atoms with Gasteiger partial charge < -0.3 is 10.1 Å². The highest BCUT2D eigenvalue weighted by Gasteiger charge is 2.34. The van der Waals surface area contributed by atoms with E-state index in [9.17, 15) is 14.4 Å². The van der Waals surface area contributed by atoms with Crippen molar-refractivity contribution >= 4 is 17.7 Å². The van der Waals surface area contributed by atoms with Crippen molar-refractivity contribution < 1.29 is 19.1 Å². The normalized spacial score (nSPS) is 13.6. The molecule has 3 amide bonds. The van der Waals surface area contributed by atoms with Crippen molar-refractivity contribution in [3.63, 3.8) is 0 Å². The molecule has 1 aromatic carbocycles. The summed E-state index contributed by atoms with van der Waals surface area (Å²) < 4.78 is 5.09. The molecule has 0 saturated heterocycles. The van der Waals surface area contributed by atoms with Gasteiger partial charge in [-0.25, -0.2) is 0 Å². The maximum absolute atomic E-state index is 12.0. The SMILES string of the molecule is CNC(=O)COCCN1C(=O)c2ccccc2C1=O. The van der Waals surface area contributed by atoms with Crippen LogP contribution >= 0.6 is 0 Å². The molecular formula is C13H14N2O4. The number of imide groups is 1. The zero-order valence-corrected chi connectivity index (χ0v) is 10.5. The van der Waals surface area contributed by atoms with Gasteiger partial charge in [0.15, 0.2) is 0 Å². The van der Waals surface area contributed by atoms with Gasteiger partial charge in [-0.3, -0.25) is 19.3 Å². The monoisotopic (exact) mass is 262 g/mol. The minimum Gasteiger partial charge on any atom is -0.370 e. The third-order valence-electron chi connectivity index (χ3n) is 2.85. The maximum Gasteiger partial charge on any atom is 0.261 e. The average Bonchev–Trinajstić information content (AvgIpc) is 2.68. The van der Waals surface area contributed by atoms with E-state index in [-0.39, 0.29) is 37.5 Å². The summed E-state index contributed by atoms with van der Waals surface area (Å²) in [4.78, 5) is 36.0. The van der Waals surface area contributed by atoms with E-state index in [2.05, 4.69) is 5.32 Å². The molecule has 0 fully saturated rings. The fourth-order valence-corrected chi connectivity index (χ4v) is 1.84. The van der Waals surface area contributed by atoms with E-state index >= 15 is 0 Å². The van der Waals surface area contributed by atoms with Gasteiger partial charge in [0.1, 0.15) is 6.61 Å². The Kier molecular flexibility index (Phi) is 3.91. The van der Waals surface area contributed by atoms with E-state index in [1.54, 1.807) is 24.3 Å². The second-order valence-corrected chi connectivity index (χ2v) is 4.03. The van der Waals surface area contributed by atoms with Crippen molar-refractivity contribution in [2.45, 2.75) is 0 Å². The number of benzene rings is 1. The first-order chi connectivity index (χ1) is 9.15. The Labute approximate surface area is 110 Å². The Hall–Kier alpha value is -2.21. The molecule has 6 nitrogen and oxygen atoms in total. The molecule has 0 bridgehead atoms. The van der Waals surface area contributed by atoms with Gasteiger partial charge in [0.2, 0.25) is 5.91 Å². The summed E-state index contributed by atoms with van der Waals surface area (Å²) >= 11 is 0. The quantitative estimate of drug-likeness (QED) is 0.600.